The van der Waals surface area contributed by atoms with Crippen molar-refractivity contribution < 1.29 is 23.5 Å². The Morgan fingerprint density at radius 2 is 1.75 bits per heavy atom. The lowest BCUT2D eigenvalue weighted by Gasteiger charge is -2.03. The van der Waals surface area contributed by atoms with Gasteiger partial charge in [-0.3, -0.25) is 14.4 Å². The Labute approximate surface area is 112 Å². The Kier molecular flexibility index (Phi) is 3.47. The van der Waals surface area contributed by atoms with Crippen molar-refractivity contribution in [3.8, 4) is 5.75 Å². The maximum absolute atomic E-state index is 12.7. The van der Waals surface area contributed by atoms with Crippen LogP contribution in [0.3, 0.4) is 0 Å². The molecule has 0 saturated heterocycles. The number of Topliss-reactive ketones (excluding diaryl/α,β-unsaturated/α-hetero) is 2. The molecule has 2 aromatic rings. The highest BCUT2D eigenvalue weighted by atomic mass is 19.1. The van der Waals surface area contributed by atoms with Crippen LogP contribution in [0.1, 0.15) is 26.7 Å². The van der Waals surface area contributed by atoms with Crippen LogP contribution < -0.4 is 5.43 Å². The summed E-state index contributed by atoms with van der Waals surface area (Å²) in [5.74, 6) is -4.29. The summed E-state index contributed by atoms with van der Waals surface area (Å²) in [6.07, 6.45) is 0. The van der Waals surface area contributed by atoms with E-state index in [9.17, 15) is 23.9 Å². The molecule has 0 atom stereocenters. The Hall–Kier alpha value is -2.76. The Morgan fingerprint density at radius 1 is 1.15 bits per heavy atom. The van der Waals surface area contributed by atoms with Gasteiger partial charge in [-0.2, -0.15) is 0 Å². The maximum Gasteiger partial charge on any atom is 0.272 e. The number of carbonyl (C=O) groups is 2. The zero-order chi connectivity index (χ0) is 14.9. The number of ketones is 2. The fourth-order valence-electron chi connectivity index (χ4n) is 1.59. The zero-order valence-corrected chi connectivity index (χ0v) is 10.3. The zero-order valence-electron chi connectivity index (χ0n) is 10.3. The number of rotatable bonds is 3. The van der Waals surface area contributed by atoms with E-state index in [2.05, 4.69) is 0 Å². The molecule has 6 heteroatoms. The van der Waals surface area contributed by atoms with Crippen LogP contribution in [-0.4, -0.2) is 16.7 Å². The lowest BCUT2D eigenvalue weighted by Crippen LogP contribution is -2.17. The Morgan fingerprint density at radius 3 is 2.35 bits per heavy atom. The molecule has 1 N–H and O–H groups in total. The van der Waals surface area contributed by atoms with E-state index < -0.39 is 34.3 Å². The van der Waals surface area contributed by atoms with Crippen molar-refractivity contribution in [3.05, 3.63) is 63.5 Å². The molecule has 20 heavy (non-hydrogen) atoms. The lowest BCUT2D eigenvalue weighted by molar-refractivity contribution is 0.0795. The highest BCUT2D eigenvalue weighted by Crippen LogP contribution is 2.16. The van der Waals surface area contributed by atoms with Gasteiger partial charge in [-0.25, -0.2) is 4.39 Å². The molecule has 0 unspecified atom stereocenters. The van der Waals surface area contributed by atoms with Crippen LogP contribution in [0.2, 0.25) is 0 Å². The molecule has 0 saturated carbocycles. The third-order valence-electron chi connectivity index (χ3n) is 2.56. The summed E-state index contributed by atoms with van der Waals surface area (Å²) in [6, 6.07) is 5.29. The summed E-state index contributed by atoms with van der Waals surface area (Å²) >= 11 is 0. The van der Waals surface area contributed by atoms with Crippen LogP contribution in [0.5, 0.6) is 5.75 Å². The fourth-order valence-corrected chi connectivity index (χ4v) is 1.59. The molecule has 1 aromatic carbocycles. The summed E-state index contributed by atoms with van der Waals surface area (Å²) in [5.41, 5.74) is -0.885. The molecule has 0 aliphatic rings. The maximum atomic E-state index is 12.7. The van der Waals surface area contributed by atoms with Crippen molar-refractivity contribution >= 4 is 11.6 Å². The number of aryl methyl sites for hydroxylation is 1. The van der Waals surface area contributed by atoms with Gasteiger partial charge in [0.15, 0.2) is 0 Å². The van der Waals surface area contributed by atoms with Gasteiger partial charge in [-0.05, 0) is 31.2 Å². The van der Waals surface area contributed by atoms with Crippen LogP contribution in [0, 0.1) is 12.7 Å². The second kappa shape index (κ2) is 5.08. The first kappa shape index (κ1) is 13.7. The molecular formula is C14H9FO5. The van der Waals surface area contributed by atoms with Crippen molar-refractivity contribution in [2.45, 2.75) is 6.92 Å². The number of carbonyl (C=O) groups excluding carboxylic acids is 2. The monoisotopic (exact) mass is 276 g/mol. The lowest BCUT2D eigenvalue weighted by atomic mass is 10.1. The molecule has 0 radical (unpaired) electrons. The molecule has 0 spiro atoms. The third-order valence-corrected chi connectivity index (χ3v) is 2.56. The van der Waals surface area contributed by atoms with E-state index in [0.717, 1.165) is 30.3 Å². The number of halogens is 1. The second-order valence-corrected chi connectivity index (χ2v) is 4.06. The molecular weight excluding hydrogens is 267 g/mol. The summed E-state index contributed by atoms with van der Waals surface area (Å²) in [6.45, 7) is 1.40. The van der Waals surface area contributed by atoms with Gasteiger partial charge >= 0.3 is 0 Å². The summed E-state index contributed by atoms with van der Waals surface area (Å²) in [4.78, 5) is 35.2. The van der Waals surface area contributed by atoms with Gasteiger partial charge in [0.2, 0.25) is 22.7 Å². The van der Waals surface area contributed by atoms with Crippen LogP contribution >= 0.6 is 0 Å². The van der Waals surface area contributed by atoms with E-state index >= 15 is 0 Å². The quantitative estimate of drug-likeness (QED) is 0.683. The van der Waals surface area contributed by atoms with E-state index in [1.807, 2.05) is 0 Å². The van der Waals surface area contributed by atoms with Gasteiger partial charge < -0.3 is 9.52 Å². The van der Waals surface area contributed by atoms with Crippen LogP contribution in [-0.2, 0) is 0 Å². The summed E-state index contributed by atoms with van der Waals surface area (Å²) < 4.78 is 17.7. The molecule has 0 bridgehead atoms. The highest BCUT2D eigenvalue weighted by Gasteiger charge is 2.25. The molecule has 0 amide bonds. The summed E-state index contributed by atoms with van der Waals surface area (Å²) in [7, 11) is 0. The average Bonchev–Trinajstić information content (AvgIpc) is 2.42. The van der Waals surface area contributed by atoms with Crippen LogP contribution in [0.4, 0.5) is 4.39 Å². The largest absolute Gasteiger partial charge is 0.501 e. The van der Waals surface area contributed by atoms with Crippen molar-refractivity contribution in [3.63, 3.8) is 0 Å². The molecule has 1 aromatic heterocycles. The van der Waals surface area contributed by atoms with Crippen molar-refractivity contribution in [2.75, 3.05) is 0 Å². The highest BCUT2D eigenvalue weighted by molar-refractivity contribution is 6.49. The Balaban J connectivity index is 2.44. The van der Waals surface area contributed by atoms with Gasteiger partial charge in [-0.1, -0.05) is 0 Å². The van der Waals surface area contributed by atoms with E-state index in [1.165, 1.54) is 6.92 Å². The van der Waals surface area contributed by atoms with Crippen molar-refractivity contribution in [2.24, 2.45) is 0 Å². The minimum Gasteiger partial charge on any atom is -0.501 e. The topological polar surface area (TPSA) is 84.6 Å². The summed E-state index contributed by atoms with van der Waals surface area (Å²) in [5, 5.41) is 9.49. The molecule has 1 heterocycles. The molecule has 2 rings (SSSR count). The SMILES string of the molecule is Cc1cc(=O)c(O)c(C(=O)C(=O)c2ccc(F)cc2)o1. The van der Waals surface area contributed by atoms with Gasteiger partial charge in [0.25, 0.3) is 5.78 Å². The van der Waals surface area contributed by atoms with Gasteiger partial charge in [0.1, 0.15) is 11.6 Å². The van der Waals surface area contributed by atoms with E-state index in [-0.39, 0.29) is 11.3 Å². The van der Waals surface area contributed by atoms with E-state index in [0.29, 0.717) is 0 Å². The minimum absolute atomic E-state index is 0.0695. The first-order chi connectivity index (χ1) is 9.40. The molecule has 5 nitrogen and oxygen atoms in total. The molecule has 102 valence electrons. The smallest absolute Gasteiger partial charge is 0.272 e. The third kappa shape index (κ3) is 2.49. The standard InChI is InChI=1S/C14H9FO5/c1-7-6-10(16)12(18)14(20-7)13(19)11(17)8-2-4-9(15)5-3-8/h2-6,18H,1H3. The normalized spacial score (nSPS) is 10.3. The van der Waals surface area contributed by atoms with Crippen LogP contribution in [0.25, 0.3) is 0 Å². The van der Waals surface area contributed by atoms with Crippen LogP contribution in [0.15, 0.2) is 39.5 Å². The van der Waals surface area contributed by atoms with Gasteiger partial charge in [0.05, 0.1) is 0 Å². The first-order valence-electron chi connectivity index (χ1n) is 5.58. The number of hydrogen-bond acceptors (Lipinski definition) is 5. The van der Waals surface area contributed by atoms with Crippen molar-refractivity contribution in [1.29, 1.82) is 0 Å². The average molecular weight is 276 g/mol. The first-order valence-corrected chi connectivity index (χ1v) is 5.58. The minimum atomic E-state index is -1.17. The fraction of sp³-hybridized carbons (Fsp3) is 0.0714. The molecule has 0 aliphatic heterocycles. The van der Waals surface area contributed by atoms with E-state index in [4.69, 9.17) is 4.42 Å². The number of hydrogen-bond donors (Lipinski definition) is 1. The van der Waals surface area contributed by atoms with Crippen molar-refractivity contribution in [1.82, 2.24) is 0 Å². The second-order valence-electron chi connectivity index (χ2n) is 4.06. The number of benzene rings is 1. The van der Waals surface area contributed by atoms with E-state index in [1.54, 1.807) is 0 Å². The predicted molar refractivity (Wildman–Crippen MR) is 66.4 cm³/mol. The van der Waals surface area contributed by atoms with Gasteiger partial charge in [-0.15, -0.1) is 0 Å². The molecule has 0 fully saturated rings. The Bertz CT molecular complexity index is 743. The van der Waals surface area contributed by atoms with Gasteiger partial charge in [0, 0.05) is 11.6 Å². The number of aromatic hydroxyl groups is 1. The molecule has 0 aliphatic carbocycles. The predicted octanol–water partition coefficient (Wildman–Crippen LogP) is 1.86.